The number of hydrogen-bond acceptors (Lipinski definition) is 6. The topological polar surface area (TPSA) is 124 Å². The third-order valence-electron chi connectivity index (χ3n) is 4.75. The Balaban J connectivity index is 0.000000196. The average Bonchev–Trinajstić information content (AvgIpc) is 3.22. The molecule has 1 aliphatic rings. The molecule has 0 spiro atoms. The summed E-state index contributed by atoms with van der Waals surface area (Å²) in [5, 5.41) is 13.4. The zero-order chi connectivity index (χ0) is 24.7. The number of amides is 2. The first-order valence-corrected chi connectivity index (χ1v) is 10.6. The van der Waals surface area contributed by atoms with Gasteiger partial charge in [-0.25, -0.2) is 4.79 Å². The van der Waals surface area contributed by atoms with Gasteiger partial charge >= 0.3 is 6.03 Å². The summed E-state index contributed by atoms with van der Waals surface area (Å²) in [7, 11) is 1.73. The highest BCUT2D eigenvalue weighted by Gasteiger charge is 2.20. The van der Waals surface area contributed by atoms with Gasteiger partial charge in [-0.15, -0.1) is 0 Å². The lowest BCUT2D eigenvalue weighted by atomic mass is 10.1. The number of aliphatic hydroxyl groups is 1. The number of anilines is 1. The number of hydrogen-bond donors (Lipinski definition) is 2. The van der Waals surface area contributed by atoms with Crippen molar-refractivity contribution < 1.29 is 19.4 Å². The zero-order valence-corrected chi connectivity index (χ0v) is 19.4. The third kappa shape index (κ3) is 6.92. The van der Waals surface area contributed by atoms with E-state index in [0.29, 0.717) is 30.9 Å². The summed E-state index contributed by atoms with van der Waals surface area (Å²) in [5.41, 5.74) is 7.33. The number of benzene rings is 1. The Morgan fingerprint density at radius 2 is 2.09 bits per heavy atom. The van der Waals surface area contributed by atoms with Gasteiger partial charge in [0.1, 0.15) is 11.4 Å². The molecule has 0 fully saturated rings. The molecule has 0 unspecified atom stereocenters. The predicted octanol–water partition coefficient (Wildman–Crippen LogP) is 2.35. The van der Waals surface area contributed by atoms with Crippen LogP contribution in [0.3, 0.4) is 0 Å². The Bertz CT molecular complexity index is 1220. The van der Waals surface area contributed by atoms with Crippen molar-refractivity contribution in [1.29, 1.82) is 0 Å². The molecule has 1 aliphatic heterocycles. The quantitative estimate of drug-likeness (QED) is 0.565. The molecule has 9 heteroatoms. The minimum absolute atomic E-state index is 0.0198. The van der Waals surface area contributed by atoms with Crippen LogP contribution in [0.4, 0.5) is 10.5 Å². The molecule has 2 amide bonds. The molecule has 34 heavy (non-hydrogen) atoms. The van der Waals surface area contributed by atoms with Crippen LogP contribution in [0.25, 0.3) is 0 Å². The summed E-state index contributed by atoms with van der Waals surface area (Å²) in [6.07, 6.45) is 5.97. The van der Waals surface area contributed by atoms with Crippen molar-refractivity contribution in [2.24, 2.45) is 5.73 Å². The molecule has 3 N–H and O–H groups in total. The summed E-state index contributed by atoms with van der Waals surface area (Å²) in [5.74, 6) is 6.35. The maximum atomic E-state index is 11.8. The normalized spacial score (nSPS) is 12.8. The van der Waals surface area contributed by atoms with Crippen molar-refractivity contribution in [3.63, 3.8) is 0 Å². The molecule has 176 valence electrons. The third-order valence-corrected chi connectivity index (χ3v) is 4.75. The molecule has 0 aliphatic carbocycles. The van der Waals surface area contributed by atoms with E-state index >= 15 is 0 Å². The van der Waals surface area contributed by atoms with Crippen LogP contribution in [0.5, 0.6) is 5.75 Å². The minimum atomic E-state index is -1.04. The number of carbonyl (C=O) groups is 2. The van der Waals surface area contributed by atoms with Crippen molar-refractivity contribution in [1.82, 2.24) is 14.8 Å². The molecule has 0 bridgehead atoms. The van der Waals surface area contributed by atoms with Crippen molar-refractivity contribution >= 4 is 17.6 Å². The van der Waals surface area contributed by atoms with Gasteiger partial charge in [-0.3, -0.25) is 9.78 Å². The van der Waals surface area contributed by atoms with E-state index in [1.54, 1.807) is 56.5 Å². The smallest absolute Gasteiger partial charge is 0.339 e. The average molecular weight is 462 g/mol. The highest BCUT2D eigenvalue weighted by Crippen LogP contribution is 2.31. The monoisotopic (exact) mass is 461 g/mol. The van der Waals surface area contributed by atoms with E-state index < -0.39 is 11.6 Å². The molecule has 0 atom stereocenters. The Morgan fingerprint density at radius 1 is 1.29 bits per heavy atom. The van der Waals surface area contributed by atoms with Gasteiger partial charge in [-0.1, -0.05) is 17.9 Å². The van der Waals surface area contributed by atoms with E-state index in [-0.39, 0.29) is 5.91 Å². The molecule has 3 heterocycles. The fourth-order valence-corrected chi connectivity index (χ4v) is 3.04. The van der Waals surface area contributed by atoms with E-state index in [0.717, 1.165) is 21.5 Å². The number of rotatable bonds is 2. The molecule has 0 saturated heterocycles. The number of primary amides is 1. The highest BCUT2D eigenvalue weighted by atomic mass is 16.5. The lowest BCUT2D eigenvalue weighted by Crippen LogP contribution is -2.25. The van der Waals surface area contributed by atoms with Crippen LogP contribution in [0.2, 0.25) is 0 Å². The Morgan fingerprint density at radius 3 is 2.74 bits per heavy atom. The van der Waals surface area contributed by atoms with E-state index in [1.807, 2.05) is 24.3 Å². The number of pyridine rings is 1. The SMILES string of the molecule is CN1C(=O)CCOc2ccc(C#CC(C)(C)O)cc21.NC(=O)n1cc(Cc2ccccn2)cn1. The number of fused-ring (bicyclic) bond motifs is 1. The van der Waals surface area contributed by atoms with Crippen molar-refractivity contribution in [3.8, 4) is 17.6 Å². The van der Waals surface area contributed by atoms with E-state index in [1.165, 1.54) is 0 Å². The molecule has 0 saturated carbocycles. The number of ether oxygens (including phenoxy) is 1. The minimum Gasteiger partial charge on any atom is -0.491 e. The largest absolute Gasteiger partial charge is 0.491 e. The first-order chi connectivity index (χ1) is 16.1. The number of aromatic nitrogens is 3. The number of nitrogens with zero attached hydrogens (tertiary/aromatic N) is 4. The molecule has 2 aromatic heterocycles. The summed E-state index contributed by atoms with van der Waals surface area (Å²) in [6.45, 7) is 3.65. The fourth-order valence-electron chi connectivity index (χ4n) is 3.04. The van der Waals surface area contributed by atoms with E-state index in [9.17, 15) is 14.7 Å². The molecular formula is C25H27N5O4. The first-order valence-electron chi connectivity index (χ1n) is 10.6. The van der Waals surface area contributed by atoms with Gasteiger partial charge in [-0.2, -0.15) is 9.78 Å². The van der Waals surface area contributed by atoms with Crippen LogP contribution in [0.1, 0.15) is 37.1 Å². The maximum absolute atomic E-state index is 11.8. The van der Waals surface area contributed by atoms with Gasteiger partial charge in [-0.05, 0) is 49.7 Å². The summed E-state index contributed by atoms with van der Waals surface area (Å²) in [6, 6.07) is 10.5. The molecule has 4 rings (SSSR count). The van der Waals surface area contributed by atoms with Gasteiger partial charge in [0.15, 0.2) is 0 Å². The molecular weight excluding hydrogens is 434 g/mol. The molecule has 3 aromatic rings. The van der Waals surface area contributed by atoms with Gasteiger partial charge in [0, 0.05) is 37.1 Å². The van der Waals surface area contributed by atoms with Crippen LogP contribution in [-0.4, -0.2) is 51.1 Å². The second-order valence-electron chi connectivity index (χ2n) is 8.17. The lowest BCUT2D eigenvalue weighted by Gasteiger charge is -2.16. The standard InChI is InChI=1S/C15H17NO3.C10H10N4O/c1-15(2,18)8-6-11-4-5-13-12(10-11)16(3)14(17)7-9-19-13;11-10(15)14-7-8(6-13-14)5-9-3-1-2-4-12-9/h4-5,10,18H,7,9H2,1-3H3;1-4,6-7H,5H2,(H2,11,15). The van der Waals surface area contributed by atoms with Crippen LogP contribution in [0, 0.1) is 11.8 Å². The highest BCUT2D eigenvalue weighted by molar-refractivity contribution is 5.95. The van der Waals surface area contributed by atoms with E-state index in [2.05, 4.69) is 21.9 Å². The van der Waals surface area contributed by atoms with Crippen molar-refractivity contribution in [3.05, 3.63) is 71.8 Å². The maximum Gasteiger partial charge on any atom is 0.339 e. The fraction of sp³-hybridized carbons (Fsp3) is 0.280. The Labute approximate surface area is 198 Å². The van der Waals surface area contributed by atoms with Crippen LogP contribution in [0.15, 0.2) is 55.0 Å². The van der Waals surface area contributed by atoms with Crippen LogP contribution < -0.4 is 15.4 Å². The van der Waals surface area contributed by atoms with Crippen molar-refractivity contribution in [2.75, 3.05) is 18.6 Å². The van der Waals surface area contributed by atoms with Gasteiger partial charge in [0.2, 0.25) is 5.91 Å². The summed E-state index contributed by atoms with van der Waals surface area (Å²) >= 11 is 0. The first kappa shape index (κ1) is 24.5. The van der Waals surface area contributed by atoms with E-state index in [4.69, 9.17) is 10.5 Å². The van der Waals surface area contributed by atoms with Gasteiger partial charge < -0.3 is 20.5 Å². The number of nitrogens with two attached hydrogens (primary N) is 1. The second-order valence-corrected chi connectivity index (χ2v) is 8.17. The molecule has 9 nitrogen and oxygen atoms in total. The molecule has 1 aromatic carbocycles. The second kappa shape index (κ2) is 10.6. The predicted molar refractivity (Wildman–Crippen MR) is 127 cm³/mol. The summed E-state index contributed by atoms with van der Waals surface area (Å²) in [4.78, 5) is 28.3. The lowest BCUT2D eigenvalue weighted by molar-refractivity contribution is -0.118. The van der Waals surface area contributed by atoms with Crippen LogP contribution in [-0.2, 0) is 11.2 Å². The van der Waals surface area contributed by atoms with Gasteiger partial charge in [0.25, 0.3) is 0 Å². The van der Waals surface area contributed by atoms with Crippen molar-refractivity contribution in [2.45, 2.75) is 32.3 Å². The summed E-state index contributed by atoms with van der Waals surface area (Å²) < 4.78 is 6.64. The number of carbonyl (C=O) groups excluding carboxylic acids is 2. The Hall–Kier alpha value is -4.16. The van der Waals surface area contributed by atoms with Gasteiger partial charge in [0.05, 0.1) is 24.9 Å². The zero-order valence-electron chi connectivity index (χ0n) is 19.4. The van der Waals surface area contributed by atoms with Crippen LogP contribution >= 0.6 is 0 Å². The molecule has 0 radical (unpaired) electrons. The Kier molecular flexibility index (Phi) is 7.66.